The van der Waals surface area contributed by atoms with Gasteiger partial charge in [0.1, 0.15) is 15.9 Å². The van der Waals surface area contributed by atoms with E-state index in [0.29, 0.717) is 5.56 Å². The molecule has 0 saturated carbocycles. The third kappa shape index (κ3) is 6.02. The third-order valence-corrected chi connectivity index (χ3v) is 9.44. The van der Waals surface area contributed by atoms with Crippen molar-refractivity contribution in [3.8, 4) is 17.7 Å². The predicted molar refractivity (Wildman–Crippen MR) is 142 cm³/mol. The molecule has 8 nitrogen and oxygen atoms in total. The quantitative estimate of drug-likeness (QED) is 0.484. The van der Waals surface area contributed by atoms with Crippen LogP contribution in [0, 0.1) is 17.8 Å². The maximum atomic E-state index is 13.5. The van der Waals surface area contributed by atoms with Gasteiger partial charge < -0.3 is 14.7 Å². The van der Waals surface area contributed by atoms with E-state index in [0.717, 1.165) is 16.9 Å². The minimum Gasteiger partial charge on any atom is -0.472 e. The topological polar surface area (TPSA) is 100 Å². The molecule has 37 heavy (non-hydrogen) atoms. The summed E-state index contributed by atoms with van der Waals surface area (Å²) < 4.78 is 33.8. The Labute approximate surface area is 221 Å². The molecule has 0 bridgehead atoms. The molecule has 0 radical (unpaired) electrons. The Morgan fingerprint density at radius 2 is 1.95 bits per heavy atom. The van der Waals surface area contributed by atoms with Crippen LogP contribution in [0.3, 0.4) is 0 Å². The molecule has 4 rings (SSSR count). The first kappa shape index (κ1) is 26.8. The minimum absolute atomic E-state index is 0.0631. The molecular formula is C27H29N3O5S2. The smallest absolute Gasteiger partial charge is 0.259 e. The highest BCUT2D eigenvalue weighted by Crippen LogP contribution is 2.28. The van der Waals surface area contributed by atoms with Crippen molar-refractivity contribution in [3.05, 3.63) is 76.8 Å². The molecule has 0 aliphatic carbocycles. The average molecular weight is 540 g/mol. The van der Waals surface area contributed by atoms with Crippen LogP contribution < -0.4 is 4.74 Å². The van der Waals surface area contributed by atoms with Gasteiger partial charge in [-0.2, -0.15) is 4.31 Å². The fourth-order valence-electron chi connectivity index (χ4n) is 3.97. The summed E-state index contributed by atoms with van der Waals surface area (Å²) in [7, 11) is -2.18. The molecule has 0 unspecified atom stereocenters. The van der Waals surface area contributed by atoms with Gasteiger partial charge in [-0.25, -0.2) is 13.4 Å². The summed E-state index contributed by atoms with van der Waals surface area (Å²) in [5.74, 6) is 5.65. The second kappa shape index (κ2) is 11.4. The number of carbonyl (C=O) groups is 1. The molecule has 3 atom stereocenters. The Hall–Kier alpha value is -3.23. The van der Waals surface area contributed by atoms with E-state index < -0.39 is 22.2 Å². The number of aliphatic hydroxyl groups excluding tert-OH is 1. The van der Waals surface area contributed by atoms with Crippen LogP contribution >= 0.6 is 11.3 Å². The van der Waals surface area contributed by atoms with Gasteiger partial charge in [0.05, 0.1) is 19.2 Å². The van der Waals surface area contributed by atoms with E-state index in [1.807, 2.05) is 37.3 Å². The van der Waals surface area contributed by atoms with Gasteiger partial charge in [0, 0.05) is 36.8 Å². The first-order valence-corrected chi connectivity index (χ1v) is 14.2. The number of hydrogen-bond donors (Lipinski definition) is 1. The molecule has 0 saturated heterocycles. The largest absolute Gasteiger partial charge is 0.472 e. The van der Waals surface area contributed by atoms with E-state index in [4.69, 9.17) is 4.74 Å². The summed E-state index contributed by atoms with van der Waals surface area (Å²) in [4.78, 5) is 19.5. The van der Waals surface area contributed by atoms with Crippen molar-refractivity contribution in [2.45, 2.75) is 30.2 Å². The lowest BCUT2D eigenvalue weighted by molar-refractivity contribution is 0.0373. The summed E-state index contributed by atoms with van der Waals surface area (Å²) in [5.41, 5.74) is 1.59. The molecule has 1 amide bonds. The number of benzene rings is 1. The van der Waals surface area contributed by atoms with Gasteiger partial charge in [0.25, 0.3) is 15.9 Å². The molecule has 194 valence electrons. The molecular weight excluding hydrogens is 510 g/mol. The molecule has 3 heterocycles. The number of fused-ring (bicyclic) bond motifs is 1. The third-order valence-electron chi connectivity index (χ3n) is 6.24. The summed E-state index contributed by atoms with van der Waals surface area (Å²) in [6.45, 7) is 3.78. The van der Waals surface area contributed by atoms with Crippen LogP contribution in [0.1, 0.15) is 35.3 Å². The molecule has 1 aliphatic heterocycles. The van der Waals surface area contributed by atoms with Crippen LogP contribution in [0.5, 0.6) is 5.88 Å². The number of carbonyl (C=O) groups excluding carboxylic acids is 1. The number of pyridine rings is 1. The van der Waals surface area contributed by atoms with Gasteiger partial charge in [0.15, 0.2) is 0 Å². The number of aliphatic hydroxyl groups is 1. The highest BCUT2D eigenvalue weighted by molar-refractivity contribution is 7.91. The van der Waals surface area contributed by atoms with Crippen LogP contribution in [0.4, 0.5) is 0 Å². The number of sulfonamides is 1. The molecule has 2 aromatic heterocycles. The maximum Gasteiger partial charge on any atom is 0.259 e. The molecule has 1 aromatic carbocycles. The van der Waals surface area contributed by atoms with E-state index in [1.54, 1.807) is 35.4 Å². The van der Waals surface area contributed by atoms with Gasteiger partial charge in [-0.3, -0.25) is 4.79 Å². The number of aromatic nitrogens is 1. The number of ether oxygens (including phenoxy) is 1. The van der Waals surface area contributed by atoms with Crippen LogP contribution in [-0.4, -0.2) is 72.5 Å². The lowest BCUT2D eigenvalue weighted by atomic mass is 10.0. The summed E-state index contributed by atoms with van der Waals surface area (Å²) in [6.07, 6.45) is 0.950. The lowest BCUT2D eigenvalue weighted by Crippen LogP contribution is -2.50. The van der Waals surface area contributed by atoms with Crippen LogP contribution in [0.15, 0.2) is 64.3 Å². The number of rotatable bonds is 6. The van der Waals surface area contributed by atoms with E-state index in [9.17, 15) is 18.3 Å². The van der Waals surface area contributed by atoms with Gasteiger partial charge >= 0.3 is 0 Å². The lowest BCUT2D eigenvalue weighted by Gasteiger charge is -2.37. The Balaban J connectivity index is 1.68. The highest BCUT2D eigenvalue weighted by atomic mass is 32.2. The first-order chi connectivity index (χ1) is 17.7. The van der Waals surface area contributed by atoms with Gasteiger partial charge in [0.2, 0.25) is 5.88 Å². The Bertz CT molecular complexity index is 1400. The van der Waals surface area contributed by atoms with Crippen LogP contribution in [-0.2, 0) is 10.0 Å². The number of likely N-dealkylation sites (N-methyl/N-ethyl adjacent to an activating group) is 1. The SMILES string of the molecule is C[C@H](CO)N1C[C@H](C)[C@H](CN(C)S(=O)(=O)c2cccs2)Oc2ncc(C#Cc3ccccc3)cc2C1=O. The van der Waals surface area contributed by atoms with Gasteiger partial charge in [-0.15, -0.1) is 11.3 Å². The molecule has 1 aliphatic rings. The van der Waals surface area contributed by atoms with E-state index in [-0.39, 0.29) is 47.2 Å². The summed E-state index contributed by atoms with van der Waals surface area (Å²) in [6, 6.07) is 13.9. The van der Waals surface area contributed by atoms with Crippen LogP contribution in [0.2, 0.25) is 0 Å². The number of thiophene rings is 1. The van der Waals surface area contributed by atoms with Crippen LogP contribution in [0.25, 0.3) is 0 Å². The van der Waals surface area contributed by atoms with E-state index in [2.05, 4.69) is 16.8 Å². The second-order valence-corrected chi connectivity index (χ2v) is 12.3. The van der Waals surface area contributed by atoms with E-state index in [1.165, 1.54) is 17.5 Å². The average Bonchev–Trinajstić information content (AvgIpc) is 3.46. The maximum absolute atomic E-state index is 13.5. The Kier molecular flexibility index (Phi) is 8.29. The fourth-order valence-corrected chi connectivity index (χ4v) is 6.35. The van der Waals surface area contributed by atoms with Crippen molar-refractivity contribution >= 4 is 27.3 Å². The zero-order valence-electron chi connectivity index (χ0n) is 20.9. The minimum atomic E-state index is -3.69. The van der Waals surface area contributed by atoms with E-state index >= 15 is 0 Å². The normalized spacial score (nSPS) is 18.7. The summed E-state index contributed by atoms with van der Waals surface area (Å²) in [5, 5.41) is 11.6. The summed E-state index contributed by atoms with van der Waals surface area (Å²) >= 11 is 1.15. The van der Waals surface area contributed by atoms with Crippen molar-refractivity contribution in [2.24, 2.45) is 5.92 Å². The second-order valence-electron chi connectivity index (χ2n) is 9.03. The molecule has 3 aromatic rings. The number of nitrogens with zero attached hydrogens (tertiary/aromatic N) is 3. The van der Waals surface area contributed by atoms with Crippen molar-refractivity contribution in [1.29, 1.82) is 0 Å². The molecule has 0 fully saturated rings. The molecule has 1 N–H and O–H groups in total. The Morgan fingerprint density at radius 1 is 1.22 bits per heavy atom. The highest BCUT2D eigenvalue weighted by Gasteiger charge is 2.36. The van der Waals surface area contributed by atoms with Crippen molar-refractivity contribution in [2.75, 3.05) is 26.7 Å². The Morgan fingerprint density at radius 3 is 2.62 bits per heavy atom. The first-order valence-electron chi connectivity index (χ1n) is 11.9. The van der Waals surface area contributed by atoms with Crippen molar-refractivity contribution in [1.82, 2.24) is 14.2 Å². The van der Waals surface area contributed by atoms with Gasteiger partial charge in [-0.05, 0) is 36.6 Å². The number of amides is 1. The van der Waals surface area contributed by atoms with Gasteiger partial charge in [-0.1, -0.05) is 43.0 Å². The fraction of sp³-hybridized carbons (Fsp3) is 0.333. The predicted octanol–water partition coefficient (Wildman–Crippen LogP) is 3.08. The van der Waals surface area contributed by atoms with Crippen molar-refractivity contribution in [3.63, 3.8) is 0 Å². The number of hydrogen-bond acceptors (Lipinski definition) is 7. The zero-order valence-corrected chi connectivity index (χ0v) is 22.5. The molecule has 10 heteroatoms. The zero-order chi connectivity index (χ0) is 26.6. The molecule has 0 spiro atoms. The standard InChI is InChI=1S/C27H29N3O5S2/c1-19-16-30(20(2)18-31)27(32)23-14-22(12-11-21-8-5-4-6-9-21)15-28-26(23)35-24(19)17-29(3)37(33,34)25-10-7-13-36-25/h4-10,13-15,19-20,24,31H,16-18H2,1-3H3/t19-,20+,24-/m0/s1. The monoisotopic (exact) mass is 539 g/mol. The van der Waals surface area contributed by atoms with Crippen molar-refractivity contribution < 1.29 is 23.1 Å².